The van der Waals surface area contributed by atoms with Gasteiger partial charge in [0.15, 0.2) is 0 Å². The first kappa shape index (κ1) is 5.86. The molecule has 0 fully saturated rings. The SMILES string of the molecule is [CH2]c1nccc2sccc12. The highest BCUT2D eigenvalue weighted by atomic mass is 32.1. The third-order valence-electron chi connectivity index (χ3n) is 1.46. The molecule has 0 amide bonds. The molecule has 1 nitrogen and oxygen atoms in total. The fourth-order valence-corrected chi connectivity index (χ4v) is 1.76. The summed E-state index contributed by atoms with van der Waals surface area (Å²) in [5.41, 5.74) is 0.874. The highest BCUT2D eigenvalue weighted by molar-refractivity contribution is 7.17. The molecule has 0 saturated heterocycles. The Morgan fingerprint density at radius 3 is 3.10 bits per heavy atom. The third kappa shape index (κ3) is 0.727. The van der Waals surface area contributed by atoms with Gasteiger partial charge < -0.3 is 0 Å². The average Bonchev–Trinajstić information content (AvgIpc) is 2.36. The van der Waals surface area contributed by atoms with E-state index in [1.54, 1.807) is 17.5 Å². The van der Waals surface area contributed by atoms with E-state index in [4.69, 9.17) is 0 Å². The molecular formula is C8H6NS. The Morgan fingerprint density at radius 2 is 2.30 bits per heavy atom. The summed E-state index contributed by atoms with van der Waals surface area (Å²) in [6.45, 7) is 3.82. The van der Waals surface area contributed by atoms with E-state index in [1.807, 2.05) is 6.07 Å². The van der Waals surface area contributed by atoms with Crippen LogP contribution in [0.25, 0.3) is 10.1 Å². The van der Waals surface area contributed by atoms with Gasteiger partial charge in [-0.25, -0.2) is 0 Å². The molecule has 2 heterocycles. The zero-order valence-corrected chi connectivity index (χ0v) is 6.19. The van der Waals surface area contributed by atoms with Crippen molar-refractivity contribution in [1.29, 1.82) is 0 Å². The van der Waals surface area contributed by atoms with E-state index in [-0.39, 0.29) is 0 Å². The molecule has 0 atom stereocenters. The molecule has 2 heteroatoms. The van der Waals surface area contributed by atoms with Crippen molar-refractivity contribution in [3.63, 3.8) is 0 Å². The number of rotatable bonds is 0. The van der Waals surface area contributed by atoms with E-state index in [1.165, 1.54) is 10.1 Å². The monoisotopic (exact) mass is 148 g/mol. The molecular weight excluding hydrogens is 142 g/mol. The average molecular weight is 148 g/mol. The van der Waals surface area contributed by atoms with E-state index < -0.39 is 0 Å². The standard InChI is InChI=1S/C8H6NS/c1-6-7-3-5-10-8(7)2-4-9-6/h2-5H,1H2. The Labute approximate surface area is 63.3 Å². The van der Waals surface area contributed by atoms with Crippen molar-refractivity contribution in [1.82, 2.24) is 4.98 Å². The molecule has 2 aromatic heterocycles. The molecule has 0 bridgehead atoms. The van der Waals surface area contributed by atoms with Gasteiger partial charge in [0.2, 0.25) is 0 Å². The van der Waals surface area contributed by atoms with Crippen LogP contribution in [0.3, 0.4) is 0 Å². The van der Waals surface area contributed by atoms with Crippen molar-refractivity contribution < 1.29 is 0 Å². The van der Waals surface area contributed by atoms with Gasteiger partial charge in [0.1, 0.15) is 0 Å². The highest BCUT2D eigenvalue weighted by Gasteiger charge is 1.95. The van der Waals surface area contributed by atoms with Crippen LogP contribution in [0.2, 0.25) is 0 Å². The second-order valence-electron chi connectivity index (χ2n) is 2.09. The maximum atomic E-state index is 4.08. The minimum atomic E-state index is 0.874. The smallest absolute Gasteiger partial charge is 0.0494 e. The number of hydrogen-bond acceptors (Lipinski definition) is 2. The summed E-state index contributed by atoms with van der Waals surface area (Å²) in [6.07, 6.45) is 1.79. The molecule has 0 aromatic carbocycles. The van der Waals surface area contributed by atoms with Gasteiger partial charge in [-0.3, -0.25) is 4.98 Å². The molecule has 0 aliphatic carbocycles. The van der Waals surface area contributed by atoms with Crippen molar-refractivity contribution in [3.8, 4) is 0 Å². The van der Waals surface area contributed by atoms with E-state index in [9.17, 15) is 0 Å². The van der Waals surface area contributed by atoms with E-state index in [2.05, 4.69) is 23.4 Å². The molecule has 0 N–H and O–H groups in total. The molecule has 2 aromatic rings. The first-order chi connectivity index (χ1) is 4.88. The van der Waals surface area contributed by atoms with Crippen LogP contribution in [0.1, 0.15) is 5.69 Å². The lowest BCUT2D eigenvalue weighted by molar-refractivity contribution is 1.31. The largest absolute Gasteiger partial charge is 0.261 e. The van der Waals surface area contributed by atoms with Crippen LogP contribution in [0.15, 0.2) is 23.7 Å². The van der Waals surface area contributed by atoms with E-state index in [0.29, 0.717) is 0 Å². The summed E-state index contributed by atoms with van der Waals surface area (Å²) in [6, 6.07) is 4.06. The van der Waals surface area contributed by atoms with Crippen LogP contribution in [0.4, 0.5) is 0 Å². The molecule has 0 aliphatic rings. The summed E-state index contributed by atoms with van der Waals surface area (Å²) in [7, 11) is 0. The van der Waals surface area contributed by atoms with E-state index >= 15 is 0 Å². The third-order valence-corrected chi connectivity index (χ3v) is 2.34. The molecule has 49 valence electrons. The van der Waals surface area contributed by atoms with Gasteiger partial charge >= 0.3 is 0 Å². The molecule has 1 radical (unpaired) electrons. The van der Waals surface area contributed by atoms with Crippen molar-refractivity contribution in [2.75, 3.05) is 0 Å². The second kappa shape index (κ2) is 2.06. The topological polar surface area (TPSA) is 12.9 Å². The summed E-state index contributed by atoms with van der Waals surface area (Å²) < 4.78 is 1.26. The zero-order valence-electron chi connectivity index (χ0n) is 5.37. The summed E-state index contributed by atoms with van der Waals surface area (Å²) in [5, 5.41) is 3.23. The lowest BCUT2D eigenvalue weighted by Crippen LogP contribution is -1.76. The minimum absolute atomic E-state index is 0.874. The van der Waals surface area contributed by atoms with Gasteiger partial charge in [-0.1, -0.05) is 0 Å². The number of hydrogen-bond donors (Lipinski definition) is 0. The zero-order chi connectivity index (χ0) is 6.97. The van der Waals surface area contributed by atoms with Crippen LogP contribution in [0, 0.1) is 6.92 Å². The fraction of sp³-hybridized carbons (Fsp3) is 0. The van der Waals surface area contributed by atoms with Crippen molar-refractivity contribution in [2.45, 2.75) is 0 Å². The van der Waals surface area contributed by atoms with E-state index in [0.717, 1.165) is 5.69 Å². The number of thiophene rings is 1. The predicted octanol–water partition coefficient (Wildman–Crippen LogP) is 2.48. The van der Waals surface area contributed by atoms with Crippen molar-refractivity contribution in [2.24, 2.45) is 0 Å². The first-order valence-electron chi connectivity index (χ1n) is 3.02. The van der Waals surface area contributed by atoms with Gasteiger partial charge in [0.05, 0.1) is 0 Å². The Balaban J connectivity index is 2.95. The maximum absolute atomic E-state index is 4.08. The van der Waals surface area contributed by atoms with Crippen molar-refractivity contribution in [3.05, 3.63) is 36.3 Å². The van der Waals surface area contributed by atoms with Gasteiger partial charge in [-0.15, -0.1) is 11.3 Å². The summed E-state index contributed by atoms with van der Waals surface area (Å²) in [4.78, 5) is 4.08. The number of aromatic nitrogens is 1. The first-order valence-corrected chi connectivity index (χ1v) is 3.90. The molecule has 2 rings (SSSR count). The van der Waals surface area contributed by atoms with Crippen molar-refractivity contribution >= 4 is 21.4 Å². The van der Waals surface area contributed by atoms with Crippen LogP contribution < -0.4 is 0 Å². The Morgan fingerprint density at radius 1 is 1.40 bits per heavy atom. The lowest BCUT2D eigenvalue weighted by Gasteiger charge is -1.90. The summed E-state index contributed by atoms with van der Waals surface area (Å²) in [5.74, 6) is 0. The normalized spacial score (nSPS) is 10.5. The summed E-state index contributed by atoms with van der Waals surface area (Å²) >= 11 is 1.72. The Kier molecular flexibility index (Phi) is 1.21. The van der Waals surface area contributed by atoms with Gasteiger partial charge in [-0.2, -0.15) is 0 Å². The second-order valence-corrected chi connectivity index (χ2v) is 3.04. The number of nitrogens with zero attached hydrogens (tertiary/aromatic N) is 1. The van der Waals surface area contributed by atoms with Crippen LogP contribution in [-0.4, -0.2) is 4.98 Å². The van der Waals surface area contributed by atoms with Gasteiger partial charge in [0.25, 0.3) is 0 Å². The Bertz CT molecular complexity index is 351. The maximum Gasteiger partial charge on any atom is 0.0494 e. The fourth-order valence-electron chi connectivity index (χ4n) is 0.953. The molecule has 0 spiro atoms. The highest BCUT2D eigenvalue weighted by Crippen LogP contribution is 2.21. The number of fused-ring (bicyclic) bond motifs is 1. The lowest BCUT2D eigenvalue weighted by atomic mass is 10.3. The van der Waals surface area contributed by atoms with Gasteiger partial charge in [0, 0.05) is 22.0 Å². The quantitative estimate of drug-likeness (QED) is 0.559. The molecule has 10 heavy (non-hydrogen) atoms. The predicted molar refractivity (Wildman–Crippen MR) is 44.1 cm³/mol. The Hall–Kier alpha value is -0.890. The minimum Gasteiger partial charge on any atom is -0.261 e. The van der Waals surface area contributed by atoms with Crippen LogP contribution >= 0.6 is 11.3 Å². The van der Waals surface area contributed by atoms with Crippen LogP contribution in [0.5, 0.6) is 0 Å². The molecule has 0 aliphatic heterocycles. The van der Waals surface area contributed by atoms with Crippen LogP contribution in [-0.2, 0) is 0 Å². The number of pyridine rings is 1. The molecule has 0 saturated carbocycles. The molecule has 0 unspecified atom stereocenters. The van der Waals surface area contributed by atoms with Gasteiger partial charge in [-0.05, 0) is 24.4 Å².